The van der Waals surface area contributed by atoms with Gasteiger partial charge >= 0.3 is 5.97 Å². The van der Waals surface area contributed by atoms with Crippen molar-refractivity contribution in [2.45, 2.75) is 19.8 Å². The lowest BCUT2D eigenvalue weighted by Gasteiger charge is -2.10. The van der Waals surface area contributed by atoms with Gasteiger partial charge in [0.15, 0.2) is 11.5 Å². The fourth-order valence-electron chi connectivity index (χ4n) is 2.86. The third-order valence-electron chi connectivity index (χ3n) is 4.33. The lowest BCUT2D eigenvalue weighted by molar-refractivity contribution is -0.130. The van der Waals surface area contributed by atoms with Crippen molar-refractivity contribution in [2.75, 3.05) is 14.2 Å². The Bertz CT molecular complexity index is 874. The summed E-state index contributed by atoms with van der Waals surface area (Å²) in [7, 11) is 3.15. The molecule has 0 bridgehead atoms. The highest BCUT2D eigenvalue weighted by atomic mass is 16.5. The third kappa shape index (κ3) is 3.49. The van der Waals surface area contributed by atoms with Crippen LogP contribution in [0.4, 0.5) is 0 Å². The SMILES string of the molecule is COc1cccc(/C=C2\C=C(c3ccc(C(C)C)cc3)OC2=O)c1OC. The highest BCUT2D eigenvalue weighted by Gasteiger charge is 2.23. The molecule has 3 rings (SSSR count). The molecule has 4 heteroatoms. The topological polar surface area (TPSA) is 44.8 Å². The second kappa shape index (κ2) is 7.48. The average molecular weight is 350 g/mol. The van der Waals surface area contributed by atoms with E-state index in [1.165, 1.54) is 5.56 Å². The van der Waals surface area contributed by atoms with Gasteiger partial charge in [0.25, 0.3) is 0 Å². The second-order valence-corrected chi connectivity index (χ2v) is 6.36. The summed E-state index contributed by atoms with van der Waals surface area (Å²) in [5.74, 6) is 1.83. The van der Waals surface area contributed by atoms with Crippen molar-refractivity contribution in [1.82, 2.24) is 0 Å². The predicted molar refractivity (Wildman–Crippen MR) is 102 cm³/mol. The van der Waals surface area contributed by atoms with E-state index in [4.69, 9.17) is 14.2 Å². The molecule has 0 aromatic heterocycles. The molecular formula is C22H22O4. The van der Waals surface area contributed by atoms with Gasteiger partial charge in [-0.2, -0.15) is 0 Å². The summed E-state index contributed by atoms with van der Waals surface area (Å²) in [4.78, 5) is 12.3. The van der Waals surface area contributed by atoms with Crippen molar-refractivity contribution >= 4 is 17.8 Å². The molecule has 0 saturated carbocycles. The first-order valence-electron chi connectivity index (χ1n) is 8.50. The summed E-state index contributed by atoms with van der Waals surface area (Å²) in [5, 5.41) is 0. The van der Waals surface area contributed by atoms with E-state index in [9.17, 15) is 4.79 Å². The van der Waals surface area contributed by atoms with Gasteiger partial charge in [0.1, 0.15) is 5.76 Å². The molecule has 0 fully saturated rings. The first-order chi connectivity index (χ1) is 12.5. The standard InChI is InChI=1S/C22H22O4/c1-14(2)15-8-10-16(11-9-15)20-13-18(22(23)26-20)12-17-6-5-7-19(24-3)21(17)25-4/h5-14H,1-4H3/b18-12+. The number of esters is 1. The Hall–Kier alpha value is -3.01. The van der Waals surface area contributed by atoms with Crippen LogP contribution in [-0.2, 0) is 9.53 Å². The molecule has 0 aliphatic carbocycles. The number of carbonyl (C=O) groups excluding carboxylic acids is 1. The van der Waals surface area contributed by atoms with Gasteiger partial charge in [0, 0.05) is 11.1 Å². The molecule has 1 aliphatic heterocycles. The summed E-state index contributed by atoms with van der Waals surface area (Å²) in [6.07, 6.45) is 3.50. The van der Waals surface area contributed by atoms with E-state index in [2.05, 4.69) is 26.0 Å². The number of rotatable bonds is 5. The maximum atomic E-state index is 12.3. The van der Waals surface area contributed by atoms with E-state index in [1.54, 1.807) is 26.4 Å². The zero-order chi connectivity index (χ0) is 18.7. The fraction of sp³-hybridized carbons (Fsp3) is 0.227. The maximum Gasteiger partial charge on any atom is 0.343 e. The quantitative estimate of drug-likeness (QED) is 0.573. The Morgan fingerprint density at radius 2 is 1.73 bits per heavy atom. The van der Waals surface area contributed by atoms with Crippen LogP contribution in [0.1, 0.15) is 36.5 Å². The molecule has 0 spiro atoms. The molecule has 2 aromatic rings. The number of benzene rings is 2. The number of methoxy groups -OCH3 is 2. The van der Waals surface area contributed by atoms with Crippen molar-refractivity contribution in [2.24, 2.45) is 0 Å². The van der Waals surface area contributed by atoms with Gasteiger partial charge in [-0.25, -0.2) is 4.79 Å². The minimum absolute atomic E-state index is 0.377. The number of hydrogen-bond acceptors (Lipinski definition) is 4. The van der Waals surface area contributed by atoms with E-state index in [-0.39, 0.29) is 5.97 Å². The van der Waals surface area contributed by atoms with Crippen LogP contribution >= 0.6 is 0 Å². The Labute approximate surface area is 153 Å². The Morgan fingerprint density at radius 1 is 1.00 bits per heavy atom. The van der Waals surface area contributed by atoms with Crippen LogP contribution in [0, 0.1) is 0 Å². The van der Waals surface area contributed by atoms with Crippen molar-refractivity contribution in [3.8, 4) is 11.5 Å². The van der Waals surface area contributed by atoms with Gasteiger partial charge in [0.2, 0.25) is 0 Å². The predicted octanol–water partition coefficient (Wildman–Crippen LogP) is 4.81. The highest BCUT2D eigenvalue weighted by Crippen LogP contribution is 2.34. The minimum Gasteiger partial charge on any atom is -0.493 e. The molecule has 4 nitrogen and oxygen atoms in total. The molecule has 0 unspecified atom stereocenters. The molecule has 0 saturated heterocycles. The van der Waals surface area contributed by atoms with Gasteiger partial charge < -0.3 is 14.2 Å². The van der Waals surface area contributed by atoms with Crippen LogP contribution in [-0.4, -0.2) is 20.2 Å². The van der Waals surface area contributed by atoms with Crippen LogP contribution in [0.5, 0.6) is 11.5 Å². The largest absolute Gasteiger partial charge is 0.493 e. The van der Waals surface area contributed by atoms with Crippen molar-refractivity contribution < 1.29 is 19.0 Å². The number of cyclic esters (lactones) is 1. The Kier molecular flexibility index (Phi) is 5.12. The number of carbonyl (C=O) groups is 1. The molecule has 0 N–H and O–H groups in total. The zero-order valence-electron chi connectivity index (χ0n) is 15.4. The number of ether oxygens (including phenoxy) is 3. The van der Waals surface area contributed by atoms with E-state index >= 15 is 0 Å². The van der Waals surface area contributed by atoms with Gasteiger partial charge in [-0.1, -0.05) is 50.2 Å². The molecule has 134 valence electrons. The highest BCUT2D eigenvalue weighted by molar-refractivity contribution is 6.05. The summed E-state index contributed by atoms with van der Waals surface area (Å²) >= 11 is 0. The third-order valence-corrected chi connectivity index (χ3v) is 4.33. The monoisotopic (exact) mass is 350 g/mol. The van der Waals surface area contributed by atoms with Crippen LogP contribution in [0.2, 0.25) is 0 Å². The molecule has 0 atom stereocenters. The van der Waals surface area contributed by atoms with Gasteiger partial charge in [-0.05, 0) is 29.7 Å². The lowest BCUT2D eigenvalue weighted by Crippen LogP contribution is -1.98. The summed E-state index contributed by atoms with van der Waals surface area (Å²) in [5.41, 5.74) is 3.35. The zero-order valence-corrected chi connectivity index (χ0v) is 15.4. The van der Waals surface area contributed by atoms with Gasteiger partial charge in [-0.15, -0.1) is 0 Å². The van der Waals surface area contributed by atoms with Gasteiger partial charge in [-0.3, -0.25) is 0 Å². The molecule has 1 heterocycles. The van der Waals surface area contributed by atoms with Crippen molar-refractivity contribution in [1.29, 1.82) is 0 Å². The van der Waals surface area contributed by atoms with Crippen LogP contribution in [0.3, 0.4) is 0 Å². The van der Waals surface area contributed by atoms with Crippen LogP contribution in [0.15, 0.2) is 54.1 Å². The second-order valence-electron chi connectivity index (χ2n) is 6.36. The molecule has 26 heavy (non-hydrogen) atoms. The van der Waals surface area contributed by atoms with Gasteiger partial charge in [0.05, 0.1) is 19.8 Å². The summed E-state index contributed by atoms with van der Waals surface area (Å²) in [6.45, 7) is 4.29. The van der Waals surface area contributed by atoms with Crippen molar-refractivity contribution in [3.05, 3.63) is 70.8 Å². The van der Waals surface area contributed by atoms with Crippen LogP contribution < -0.4 is 9.47 Å². The van der Waals surface area contributed by atoms with E-state index in [1.807, 2.05) is 30.3 Å². The fourth-order valence-corrected chi connectivity index (χ4v) is 2.86. The first kappa shape index (κ1) is 17.8. The minimum atomic E-state index is -0.377. The van der Waals surface area contributed by atoms with E-state index < -0.39 is 0 Å². The molecule has 1 aliphatic rings. The number of hydrogen-bond donors (Lipinski definition) is 0. The van der Waals surface area contributed by atoms with Crippen molar-refractivity contribution in [3.63, 3.8) is 0 Å². The number of para-hydroxylation sites is 1. The van der Waals surface area contributed by atoms with E-state index in [0.29, 0.717) is 28.7 Å². The first-order valence-corrected chi connectivity index (χ1v) is 8.50. The Morgan fingerprint density at radius 3 is 2.35 bits per heavy atom. The smallest absolute Gasteiger partial charge is 0.343 e. The summed E-state index contributed by atoms with van der Waals surface area (Å²) < 4.78 is 16.2. The molecule has 0 amide bonds. The molecular weight excluding hydrogens is 328 g/mol. The Balaban J connectivity index is 1.94. The lowest BCUT2D eigenvalue weighted by atomic mass is 10.0. The normalized spacial score (nSPS) is 15.2. The maximum absolute atomic E-state index is 12.3. The van der Waals surface area contributed by atoms with E-state index in [0.717, 1.165) is 11.1 Å². The average Bonchev–Trinajstić information content (AvgIpc) is 3.02. The molecule has 0 radical (unpaired) electrons. The molecule has 2 aromatic carbocycles. The summed E-state index contributed by atoms with van der Waals surface area (Å²) in [6, 6.07) is 13.6. The van der Waals surface area contributed by atoms with Crippen LogP contribution in [0.25, 0.3) is 11.8 Å².